The van der Waals surface area contributed by atoms with E-state index in [1.165, 1.54) is 15.6 Å². The Hall–Kier alpha value is -1.29. The first-order valence-electron chi connectivity index (χ1n) is 7.77. The fraction of sp³-hybridized carbons (Fsp3) is 0.500. The van der Waals surface area contributed by atoms with E-state index in [1.807, 2.05) is 25.7 Å². The van der Waals surface area contributed by atoms with Crippen molar-refractivity contribution in [2.24, 2.45) is 0 Å². The van der Waals surface area contributed by atoms with E-state index in [-0.39, 0.29) is 11.5 Å². The molecule has 1 aliphatic carbocycles. The van der Waals surface area contributed by atoms with Gasteiger partial charge in [0.1, 0.15) is 5.60 Å². The van der Waals surface area contributed by atoms with Gasteiger partial charge in [-0.05, 0) is 50.8 Å². The van der Waals surface area contributed by atoms with E-state index in [0.717, 1.165) is 25.9 Å². The monoisotopic (exact) mass is 363 g/mol. The van der Waals surface area contributed by atoms with E-state index in [0.29, 0.717) is 0 Å². The van der Waals surface area contributed by atoms with Gasteiger partial charge in [0, 0.05) is 23.0 Å². The second kappa shape index (κ2) is 5.41. The zero-order chi connectivity index (χ0) is 16.0. The van der Waals surface area contributed by atoms with Crippen molar-refractivity contribution < 1.29 is 9.53 Å². The van der Waals surface area contributed by atoms with Crippen LogP contribution in [0.15, 0.2) is 28.7 Å². The van der Waals surface area contributed by atoms with Crippen LogP contribution >= 0.6 is 15.9 Å². The van der Waals surface area contributed by atoms with Crippen LogP contribution in [0.4, 0.5) is 4.79 Å². The van der Waals surface area contributed by atoms with E-state index < -0.39 is 5.60 Å². The average Bonchev–Trinajstić information content (AvgIpc) is 2.78. The highest BCUT2D eigenvalue weighted by Crippen LogP contribution is 2.46. The summed E-state index contributed by atoms with van der Waals surface area (Å²) >= 11 is 3.70. The van der Waals surface area contributed by atoms with Crippen LogP contribution in [0.2, 0.25) is 0 Å². The molecule has 0 atom stereocenters. The maximum atomic E-state index is 12.2. The molecule has 2 aliphatic rings. The number of piperidine rings is 1. The molecule has 118 valence electrons. The molecule has 1 amide bonds. The van der Waals surface area contributed by atoms with Crippen molar-refractivity contribution in [3.8, 4) is 0 Å². The molecule has 1 aliphatic heterocycles. The topological polar surface area (TPSA) is 29.5 Å². The highest BCUT2D eigenvalue weighted by molar-refractivity contribution is 9.10. The third-order valence-electron chi connectivity index (χ3n) is 4.43. The number of fused-ring (bicyclic) bond motifs is 2. The summed E-state index contributed by atoms with van der Waals surface area (Å²) in [7, 11) is 0. The van der Waals surface area contributed by atoms with E-state index in [4.69, 9.17) is 4.74 Å². The summed E-state index contributed by atoms with van der Waals surface area (Å²) in [5, 5.41) is 0. The lowest BCUT2D eigenvalue weighted by Gasteiger charge is -2.40. The van der Waals surface area contributed by atoms with Crippen LogP contribution in [-0.2, 0) is 10.2 Å². The van der Waals surface area contributed by atoms with Crippen molar-refractivity contribution >= 4 is 28.1 Å². The van der Waals surface area contributed by atoms with Gasteiger partial charge in [-0.2, -0.15) is 0 Å². The molecule has 0 unspecified atom stereocenters. The number of ether oxygens (including phenoxy) is 1. The molecular weight excluding hydrogens is 342 g/mol. The van der Waals surface area contributed by atoms with Crippen molar-refractivity contribution in [3.05, 3.63) is 39.9 Å². The number of allylic oxidation sites excluding steroid dienone is 1. The molecule has 0 N–H and O–H groups in total. The first-order chi connectivity index (χ1) is 10.3. The van der Waals surface area contributed by atoms with Crippen LogP contribution in [0.5, 0.6) is 0 Å². The van der Waals surface area contributed by atoms with E-state index in [1.54, 1.807) is 0 Å². The van der Waals surface area contributed by atoms with Crippen molar-refractivity contribution in [3.63, 3.8) is 0 Å². The average molecular weight is 364 g/mol. The molecule has 1 spiro atoms. The van der Waals surface area contributed by atoms with Gasteiger partial charge in [0.15, 0.2) is 0 Å². The summed E-state index contributed by atoms with van der Waals surface area (Å²) < 4.78 is 6.65. The van der Waals surface area contributed by atoms with Gasteiger partial charge in [-0.3, -0.25) is 0 Å². The van der Waals surface area contributed by atoms with E-state index in [9.17, 15) is 4.79 Å². The molecule has 22 heavy (non-hydrogen) atoms. The van der Waals surface area contributed by atoms with Gasteiger partial charge in [0.05, 0.1) is 0 Å². The molecule has 0 aromatic heterocycles. The van der Waals surface area contributed by atoms with Gasteiger partial charge in [0.25, 0.3) is 0 Å². The first-order valence-corrected chi connectivity index (χ1v) is 8.56. The number of nitrogens with zero attached hydrogens (tertiary/aromatic N) is 1. The Morgan fingerprint density at radius 2 is 1.95 bits per heavy atom. The number of amides is 1. The summed E-state index contributed by atoms with van der Waals surface area (Å²) in [5.74, 6) is 0. The Morgan fingerprint density at radius 1 is 1.27 bits per heavy atom. The maximum Gasteiger partial charge on any atom is 0.410 e. The smallest absolute Gasteiger partial charge is 0.410 e. The van der Waals surface area contributed by atoms with Crippen LogP contribution in [0, 0.1) is 0 Å². The highest BCUT2D eigenvalue weighted by atomic mass is 79.9. The Labute approximate surface area is 140 Å². The number of hydrogen-bond acceptors (Lipinski definition) is 2. The summed E-state index contributed by atoms with van der Waals surface area (Å²) in [5.41, 5.74) is 2.29. The summed E-state index contributed by atoms with van der Waals surface area (Å²) in [6.07, 6.45) is 6.21. The lowest BCUT2D eigenvalue weighted by molar-refractivity contribution is 0.0183. The molecule has 1 aromatic rings. The summed E-state index contributed by atoms with van der Waals surface area (Å²) in [4.78, 5) is 14.0. The quantitative estimate of drug-likeness (QED) is 0.665. The molecule has 4 heteroatoms. The lowest BCUT2D eigenvalue weighted by atomic mass is 9.74. The second-order valence-electron chi connectivity index (χ2n) is 7.16. The third-order valence-corrected chi connectivity index (χ3v) is 5.09. The molecule has 0 saturated carbocycles. The van der Waals surface area contributed by atoms with Gasteiger partial charge >= 0.3 is 6.09 Å². The number of benzene rings is 1. The lowest BCUT2D eigenvalue weighted by Crippen LogP contribution is -2.45. The number of carbonyl (C=O) groups is 1. The molecule has 0 bridgehead atoms. The SMILES string of the molecule is CC(C)(C)OC(=O)N1CCC2(C=Cc3cccc(Br)c32)CC1. The number of likely N-dealkylation sites (tertiary alicyclic amines) is 1. The van der Waals surface area contributed by atoms with Crippen LogP contribution in [0.1, 0.15) is 44.7 Å². The predicted molar refractivity (Wildman–Crippen MR) is 91.9 cm³/mol. The largest absolute Gasteiger partial charge is 0.444 e. The second-order valence-corrected chi connectivity index (χ2v) is 8.02. The minimum absolute atomic E-state index is 0.0634. The molecule has 1 heterocycles. The van der Waals surface area contributed by atoms with Crippen LogP contribution in [0.25, 0.3) is 6.08 Å². The zero-order valence-corrected chi connectivity index (χ0v) is 14.9. The summed E-state index contributed by atoms with van der Waals surface area (Å²) in [6.45, 7) is 7.19. The molecule has 1 saturated heterocycles. The Bertz CT molecular complexity index is 622. The first kappa shape index (κ1) is 15.6. The third kappa shape index (κ3) is 2.81. The predicted octanol–water partition coefficient (Wildman–Crippen LogP) is 4.74. The number of carbonyl (C=O) groups excluding carboxylic acids is 1. The van der Waals surface area contributed by atoms with E-state index in [2.05, 4.69) is 46.3 Å². The van der Waals surface area contributed by atoms with Crippen molar-refractivity contribution in [2.45, 2.75) is 44.6 Å². The van der Waals surface area contributed by atoms with Gasteiger partial charge in [-0.1, -0.05) is 40.2 Å². The fourth-order valence-corrected chi connectivity index (χ4v) is 4.15. The van der Waals surface area contributed by atoms with Crippen molar-refractivity contribution in [2.75, 3.05) is 13.1 Å². The molecule has 3 nitrogen and oxygen atoms in total. The molecule has 1 aromatic carbocycles. The fourth-order valence-electron chi connectivity index (χ4n) is 3.37. The minimum Gasteiger partial charge on any atom is -0.444 e. The minimum atomic E-state index is -0.435. The highest BCUT2D eigenvalue weighted by Gasteiger charge is 2.40. The van der Waals surface area contributed by atoms with E-state index >= 15 is 0 Å². The number of halogens is 1. The van der Waals surface area contributed by atoms with Gasteiger partial charge in [0.2, 0.25) is 0 Å². The van der Waals surface area contributed by atoms with Crippen LogP contribution in [0.3, 0.4) is 0 Å². The Balaban J connectivity index is 1.74. The zero-order valence-electron chi connectivity index (χ0n) is 13.4. The van der Waals surface area contributed by atoms with Gasteiger partial charge in [-0.15, -0.1) is 0 Å². The van der Waals surface area contributed by atoms with Gasteiger partial charge in [-0.25, -0.2) is 4.79 Å². The Kier molecular flexibility index (Phi) is 3.84. The molecular formula is C18H22BrNO2. The number of hydrogen-bond donors (Lipinski definition) is 0. The molecule has 0 radical (unpaired) electrons. The normalized spacial score (nSPS) is 19.4. The molecule has 1 fully saturated rings. The maximum absolute atomic E-state index is 12.2. The van der Waals surface area contributed by atoms with Crippen LogP contribution in [-0.4, -0.2) is 29.7 Å². The van der Waals surface area contributed by atoms with Crippen molar-refractivity contribution in [1.29, 1.82) is 0 Å². The number of rotatable bonds is 0. The van der Waals surface area contributed by atoms with Gasteiger partial charge < -0.3 is 9.64 Å². The summed E-state index contributed by atoms with van der Waals surface area (Å²) in [6, 6.07) is 6.33. The van der Waals surface area contributed by atoms with Crippen LogP contribution < -0.4 is 0 Å². The Morgan fingerprint density at radius 3 is 2.59 bits per heavy atom. The van der Waals surface area contributed by atoms with Crippen molar-refractivity contribution in [1.82, 2.24) is 4.90 Å². The molecule has 3 rings (SSSR count). The standard InChI is InChI=1S/C18H22BrNO2/c1-17(2,3)22-16(21)20-11-9-18(10-12-20)8-7-13-5-4-6-14(19)15(13)18/h4-8H,9-12H2,1-3H3.